The van der Waals surface area contributed by atoms with Crippen LogP contribution in [0.4, 0.5) is 4.39 Å². The third-order valence-corrected chi connectivity index (χ3v) is 2.96. The summed E-state index contributed by atoms with van der Waals surface area (Å²) in [6.45, 7) is 6.95. The van der Waals surface area contributed by atoms with Crippen LogP contribution in [-0.4, -0.2) is 11.8 Å². The molecular weight excluding hydrogens is 209 g/mol. The summed E-state index contributed by atoms with van der Waals surface area (Å²) in [5.74, 6) is -0.123. The Labute approximate surface area is 95.5 Å². The van der Waals surface area contributed by atoms with Gasteiger partial charge in [-0.3, -0.25) is 0 Å². The van der Waals surface area contributed by atoms with Gasteiger partial charge in [0.1, 0.15) is 5.82 Å². The SMILES string of the molecule is CNCc1ccc(SC(C)(C)C)c(F)c1. The number of benzene rings is 1. The minimum Gasteiger partial charge on any atom is -0.316 e. The molecule has 15 heavy (non-hydrogen) atoms. The van der Waals surface area contributed by atoms with Crippen molar-refractivity contribution in [3.8, 4) is 0 Å². The van der Waals surface area contributed by atoms with Crippen molar-refractivity contribution in [2.45, 2.75) is 37.0 Å². The smallest absolute Gasteiger partial charge is 0.137 e. The highest BCUT2D eigenvalue weighted by molar-refractivity contribution is 8.00. The topological polar surface area (TPSA) is 12.0 Å². The van der Waals surface area contributed by atoms with E-state index in [9.17, 15) is 4.39 Å². The lowest BCUT2D eigenvalue weighted by atomic mass is 10.2. The minimum absolute atomic E-state index is 0.0470. The average molecular weight is 227 g/mol. The van der Waals surface area contributed by atoms with Crippen LogP contribution in [0.3, 0.4) is 0 Å². The molecule has 1 nitrogen and oxygen atoms in total. The Morgan fingerprint density at radius 1 is 1.33 bits per heavy atom. The van der Waals surface area contributed by atoms with Crippen LogP contribution in [0.15, 0.2) is 23.1 Å². The number of hydrogen-bond acceptors (Lipinski definition) is 2. The Bertz CT molecular complexity index is 331. The van der Waals surface area contributed by atoms with E-state index in [2.05, 4.69) is 26.1 Å². The van der Waals surface area contributed by atoms with Crippen molar-refractivity contribution >= 4 is 11.8 Å². The molecule has 1 rings (SSSR count). The van der Waals surface area contributed by atoms with Crippen molar-refractivity contribution in [2.75, 3.05) is 7.05 Å². The molecule has 0 aliphatic carbocycles. The van der Waals surface area contributed by atoms with E-state index >= 15 is 0 Å². The fourth-order valence-corrected chi connectivity index (χ4v) is 2.22. The van der Waals surface area contributed by atoms with E-state index in [1.165, 1.54) is 0 Å². The lowest BCUT2D eigenvalue weighted by Gasteiger charge is -2.18. The van der Waals surface area contributed by atoms with E-state index in [1.54, 1.807) is 17.8 Å². The monoisotopic (exact) mass is 227 g/mol. The molecule has 0 bridgehead atoms. The van der Waals surface area contributed by atoms with Gasteiger partial charge in [-0.2, -0.15) is 0 Å². The zero-order chi connectivity index (χ0) is 11.5. The summed E-state index contributed by atoms with van der Waals surface area (Å²) in [5.41, 5.74) is 0.980. The van der Waals surface area contributed by atoms with Crippen LogP contribution in [0.25, 0.3) is 0 Å². The number of hydrogen-bond donors (Lipinski definition) is 1. The van der Waals surface area contributed by atoms with Gasteiger partial charge in [-0.1, -0.05) is 26.8 Å². The molecule has 0 aliphatic rings. The normalized spacial score (nSPS) is 11.8. The van der Waals surface area contributed by atoms with Crippen LogP contribution in [-0.2, 0) is 6.54 Å². The summed E-state index contributed by atoms with van der Waals surface area (Å²) in [7, 11) is 1.86. The summed E-state index contributed by atoms with van der Waals surface area (Å²) >= 11 is 1.56. The minimum atomic E-state index is -0.123. The molecule has 0 aromatic heterocycles. The summed E-state index contributed by atoms with van der Waals surface area (Å²) in [5, 5.41) is 3.01. The van der Waals surface area contributed by atoms with E-state index in [-0.39, 0.29) is 10.6 Å². The second-order valence-electron chi connectivity index (χ2n) is 4.51. The standard InChI is InChI=1S/C12H18FNS/c1-12(2,3)15-11-6-5-9(8-14-4)7-10(11)13/h5-7,14H,8H2,1-4H3. The molecule has 84 valence electrons. The molecule has 1 N–H and O–H groups in total. The molecule has 0 fully saturated rings. The van der Waals surface area contributed by atoms with Crippen molar-refractivity contribution in [3.63, 3.8) is 0 Å². The average Bonchev–Trinajstić information content (AvgIpc) is 2.08. The first-order valence-corrected chi connectivity index (χ1v) is 5.86. The Morgan fingerprint density at radius 2 is 2.00 bits per heavy atom. The van der Waals surface area contributed by atoms with Crippen molar-refractivity contribution < 1.29 is 4.39 Å². The molecule has 0 saturated carbocycles. The molecule has 0 aliphatic heterocycles. The summed E-state index contributed by atoms with van der Waals surface area (Å²) in [6.07, 6.45) is 0. The molecule has 0 spiro atoms. The van der Waals surface area contributed by atoms with E-state index in [4.69, 9.17) is 0 Å². The van der Waals surface area contributed by atoms with E-state index < -0.39 is 0 Å². The number of thioether (sulfide) groups is 1. The predicted octanol–water partition coefficient (Wildman–Crippen LogP) is 3.44. The van der Waals surface area contributed by atoms with Crippen molar-refractivity contribution in [2.24, 2.45) is 0 Å². The lowest BCUT2D eigenvalue weighted by molar-refractivity contribution is 0.596. The lowest BCUT2D eigenvalue weighted by Crippen LogP contribution is -2.08. The first kappa shape index (κ1) is 12.5. The van der Waals surface area contributed by atoms with Crippen LogP contribution in [0.1, 0.15) is 26.3 Å². The second-order valence-corrected chi connectivity index (χ2v) is 6.38. The molecule has 1 aromatic rings. The quantitative estimate of drug-likeness (QED) is 0.794. The van der Waals surface area contributed by atoms with Gasteiger partial charge in [0, 0.05) is 16.2 Å². The van der Waals surface area contributed by atoms with Gasteiger partial charge < -0.3 is 5.32 Å². The zero-order valence-corrected chi connectivity index (χ0v) is 10.5. The van der Waals surface area contributed by atoms with Crippen LogP contribution in [0, 0.1) is 5.82 Å². The molecule has 0 heterocycles. The molecule has 1 aromatic carbocycles. The fourth-order valence-electron chi connectivity index (χ4n) is 1.27. The molecule has 0 amide bonds. The van der Waals surface area contributed by atoms with Crippen molar-refractivity contribution in [1.29, 1.82) is 0 Å². The van der Waals surface area contributed by atoms with Gasteiger partial charge in [0.05, 0.1) is 0 Å². The number of rotatable bonds is 3. The summed E-state index contributed by atoms with van der Waals surface area (Å²) < 4.78 is 13.7. The van der Waals surface area contributed by atoms with Crippen LogP contribution >= 0.6 is 11.8 Å². The van der Waals surface area contributed by atoms with Gasteiger partial charge in [0.25, 0.3) is 0 Å². The third kappa shape index (κ3) is 4.22. The maximum Gasteiger partial charge on any atom is 0.137 e. The highest BCUT2D eigenvalue weighted by atomic mass is 32.2. The van der Waals surface area contributed by atoms with Crippen molar-refractivity contribution in [3.05, 3.63) is 29.6 Å². The molecule has 0 radical (unpaired) electrons. The summed E-state index contributed by atoms with van der Waals surface area (Å²) in [4.78, 5) is 0.724. The highest BCUT2D eigenvalue weighted by Crippen LogP contribution is 2.33. The van der Waals surface area contributed by atoms with Gasteiger partial charge >= 0.3 is 0 Å². The Balaban J connectivity index is 2.84. The van der Waals surface area contributed by atoms with Crippen LogP contribution in [0.5, 0.6) is 0 Å². The van der Waals surface area contributed by atoms with Gasteiger partial charge in [-0.15, -0.1) is 11.8 Å². The number of halogens is 1. The third-order valence-electron chi connectivity index (χ3n) is 1.79. The summed E-state index contributed by atoms with van der Waals surface area (Å²) in [6, 6.07) is 5.43. The Kier molecular flexibility index (Phi) is 4.17. The van der Waals surface area contributed by atoms with Crippen LogP contribution in [0.2, 0.25) is 0 Å². The maximum atomic E-state index is 13.7. The zero-order valence-electron chi connectivity index (χ0n) is 9.73. The Hall–Kier alpha value is -0.540. The largest absolute Gasteiger partial charge is 0.316 e. The first-order valence-electron chi connectivity index (χ1n) is 5.04. The van der Waals surface area contributed by atoms with Gasteiger partial charge in [-0.05, 0) is 24.7 Å². The van der Waals surface area contributed by atoms with E-state index in [0.717, 1.165) is 10.5 Å². The van der Waals surface area contributed by atoms with Gasteiger partial charge in [0.15, 0.2) is 0 Å². The van der Waals surface area contributed by atoms with E-state index in [1.807, 2.05) is 19.2 Å². The molecule has 3 heteroatoms. The fraction of sp³-hybridized carbons (Fsp3) is 0.500. The van der Waals surface area contributed by atoms with Gasteiger partial charge in [-0.25, -0.2) is 4.39 Å². The van der Waals surface area contributed by atoms with Gasteiger partial charge in [0.2, 0.25) is 0 Å². The van der Waals surface area contributed by atoms with Crippen LogP contribution < -0.4 is 5.32 Å². The first-order chi connectivity index (χ1) is 6.92. The molecule has 0 atom stereocenters. The number of nitrogens with one attached hydrogen (secondary N) is 1. The Morgan fingerprint density at radius 3 is 2.47 bits per heavy atom. The molecule has 0 saturated heterocycles. The maximum absolute atomic E-state index is 13.7. The molecule has 0 unspecified atom stereocenters. The van der Waals surface area contributed by atoms with E-state index in [0.29, 0.717) is 6.54 Å². The predicted molar refractivity (Wildman–Crippen MR) is 64.8 cm³/mol. The highest BCUT2D eigenvalue weighted by Gasteiger charge is 2.15. The molecular formula is C12H18FNS. The van der Waals surface area contributed by atoms with Crippen molar-refractivity contribution in [1.82, 2.24) is 5.32 Å². The second kappa shape index (κ2) is 4.99.